The number of carbonyl (C=O) groups excluding carboxylic acids is 2. The van der Waals surface area contributed by atoms with E-state index in [2.05, 4.69) is 29.6 Å². The molecular weight excluding hydrogens is 298 g/mol. The van der Waals surface area contributed by atoms with E-state index in [1.54, 1.807) is 12.1 Å². The minimum Gasteiger partial charge on any atom is -0.352 e. The Morgan fingerprint density at radius 1 is 0.750 bits per heavy atom. The van der Waals surface area contributed by atoms with Crippen LogP contribution < -0.4 is 5.32 Å². The first-order valence-electron chi connectivity index (χ1n) is 8.05. The van der Waals surface area contributed by atoms with E-state index < -0.39 is 0 Å². The molecule has 1 amide bonds. The van der Waals surface area contributed by atoms with Crippen molar-refractivity contribution in [2.45, 2.75) is 19.4 Å². The van der Waals surface area contributed by atoms with Gasteiger partial charge in [0.25, 0.3) is 0 Å². The third-order valence-electron chi connectivity index (χ3n) is 3.98. The second kappa shape index (κ2) is 7.55. The highest BCUT2D eigenvalue weighted by molar-refractivity contribution is 5.97. The lowest BCUT2D eigenvalue weighted by Crippen LogP contribution is -2.23. The number of rotatable bonds is 6. The topological polar surface area (TPSA) is 46.2 Å². The molecule has 0 heterocycles. The number of carbonyl (C=O) groups is 2. The van der Waals surface area contributed by atoms with Gasteiger partial charge in [-0.25, -0.2) is 0 Å². The summed E-state index contributed by atoms with van der Waals surface area (Å²) in [6.07, 6.45) is 0.439. The number of Topliss-reactive ketones (excluding diaryl/α,β-unsaturated/α-hetero) is 1. The molecule has 3 rings (SSSR count). The fourth-order valence-corrected chi connectivity index (χ4v) is 2.63. The lowest BCUT2D eigenvalue weighted by molar-refractivity contribution is -0.121. The first kappa shape index (κ1) is 15.9. The smallest absolute Gasteiger partial charge is 0.220 e. The fraction of sp³-hybridized carbons (Fsp3) is 0.143. The minimum atomic E-state index is -0.104. The van der Waals surface area contributed by atoms with Gasteiger partial charge in [0, 0.05) is 24.9 Å². The monoisotopic (exact) mass is 317 g/mol. The first-order valence-corrected chi connectivity index (χ1v) is 8.05. The predicted octanol–water partition coefficient (Wildman–Crippen LogP) is 4.12. The highest BCUT2D eigenvalue weighted by Gasteiger charge is 2.08. The molecule has 0 aliphatic rings. The van der Waals surface area contributed by atoms with Gasteiger partial charge < -0.3 is 5.32 Å². The molecule has 0 unspecified atom stereocenters. The molecule has 0 spiro atoms. The lowest BCUT2D eigenvalue weighted by atomic mass is 10.1. The van der Waals surface area contributed by atoms with Crippen LogP contribution in [-0.2, 0) is 11.3 Å². The van der Waals surface area contributed by atoms with Gasteiger partial charge in [-0.2, -0.15) is 0 Å². The standard InChI is InChI=1S/C21H19NO2/c23-20(18-7-2-1-3-8-18)12-13-21(24)22-15-16-10-11-17-6-4-5-9-19(17)14-16/h1-11,14H,12-13,15H2,(H,22,24). The van der Waals surface area contributed by atoms with Gasteiger partial charge in [-0.1, -0.05) is 66.7 Å². The molecule has 0 aliphatic heterocycles. The van der Waals surface area contributed by atoms with E-state index in [1.165, 1.54) is 5.39 Å². The zero-order valence-electron chi connectivity index (χ0n) is 13.4. The SMILES string of the molecule is O=C(CCC(=O)c1ccccc1)NCc1ccc2ccccc2c1. The second-order valence-electron chi connectivity index (χ2n) is 5.75. The van der Waals surface area contributed by atoms with Crippen LogP contribution in [0, 0.1) is 0 Å². The van der Waals surface area contributed by atoms with Gasteiger partial charge in [0.2, 0.25) is 5.91 Å². The third-order valence-corrected chi connectivity index (χ3v) is 3.98. The Labute approximate surface area is 141 Å². The number of amides is 1. The molecule has 0 saturated carbocycles. The fourth-order valence-electron chi connectivity index (χ4n) is 2.63. The lowest BCUT2D eigenvalue weighted by Gasteiger charge is -2.07. The van der Waals surface area contributed by atoms with Gasteiger partial charge in [0.05, 0.1) is 0 Å². The number of fused-ring (bicyclic) bond motifs is 1. The highest BCUT2D eigenvalue weighted by atomic mass is 16.2. The second-order valence-corrected chi connectivity index (χ2v) is 5.75. The summed E-state index contributed by atoms with van der Waals surface area (Å²) in [6.45, 7) is 0.475. The van der Waals surface area contributed by atoms with E-state index in [9.17, 15) is 9.59 Å². The van der Waals surface area contributed by atoms with Crippen LogP contribution in [0.15, 0.2) is 72.8 Å². The largest absolute Gasteiger partial charge is 0.352 e. The number of ketones is 1. The van der Waals surface area contributed by atoms with Crippen LogP contribution >= 0.6 is 0 Å². The summed E-state index contributed by atoms with van der Waals surface area (Å²) < 4.78 is 0. The van der Waals surface area contributed by atoms with Gasteiger partial charge in [-0.05, 0) is 22.4 Å². The van der Waals surface area contributed by atoms with E-state index in [1.807, 2.05) is 36.4 Å². The van der Waals surface area contributed by atoms with Crippen LogP contribution in [-0.4, -0.2) is 11.7 Å². The number of nitrogens with one attached hydrogen (secondary N) is 1. The van der Waals surface area contributed by atoms with Crippen molar-refractivity contribution >= 4 is 22.5 Å². The van der Waals surface area contributed by atoms with E-state index in [0.29, 0.717) is 12.1 Å². The van der Waals surface area contributed by atoms with Crippen molar-refractivity contribution in [1.29, 1.82) is 0 Å². The zero-order valence-corrected chi connectivity index (χ0v) is 13.4. The average molecular weight is 317 g/mol. The molecule has 120 valence electrons. The maximum absolute atomic E-state index is 12.0. The maximum Gasteiger partial charge on any atom is 0.220 e. The summed E-state index contributed by atoms with van der Waals surface area (Å²) in [5.41, 5.74) is 1.70. The molecule has 0 saturated heterocycles. The van der Waals surface area contributed by atoms with E-state index >= 15 is 0 Å². The van der Waals surface area contributed by atoms with Crippen molar-refractivity contribution in [2.24, 2.45) is 0 Å². The quantitative estimate of drug-likeness (QED) is 0.695. The predicted molar refractivity (Wildman–Crippen MR) is 95.8 cm³/mol. The molecule has 1 N–H and O–H groups in total. The molecule has 0 fully saturated rings. The van der Waals surface area contributed by atoms with Crippen LogP contribution in [0.25, 0.3) is 10.8 Å². The van der Waals surface area contributed by atoms with E-state index in [-0.39, 0.29) is 24.5 Å². The van der Waals surface area contributed by atoms with Crippen molar-refractivity contribution in [3.8, 4) is 0 Å². The van der Waals surface area contributed by atoms with Gasteiger partial charge in [0.1, 0.15) is 0 Å². The van der Waals surface area contributed by atoms with Crippen LogP contribution in [0.1, 0.15) is 28.8 Å². The van der Waals surface area contributed by atoms with Crippen molar-refractivity contribution in [3.63, 3.8) is 0 Å². The Balaban J connectivity index is 1.50. The summed E-state index contributed by atoms with van der Waals surface area (Å²) in [5, 5.41) is 5.22. The molecule has 3 nitrogen and oxygen atoms in total. The van der Waals surface area contributed by atoms with Crippen LogP contribution in [0.2, 0.25) is 0 Å². The minimum absolute atomic E-state index is 0.00328. The molecule has 0 atom stereocenters. The Morgan fingerprint density at radius 2 is 1.46 bits per heavy atom. The van der Waals surface area contributed by atoms with Crippen molar-refractivity contribution < 1.29 is 9.59 Å². The summed E-state index contributed by atoms with van der Waals surface area (Å²) in [4.78, 5) is 23.9. The molecular formula is C21H19NO2. The van der Waals surface area contributed by atoms with Gasteiger partial charge in [-0.15, -0.1) is 0 Å². The Bertz CT molecular complexity index is 856. The van der Waals surface area contributed by atoms with Gasteiger partial charge in [0.15, 0.2) is 5.78 Å². The molecule has 0 aromatic heterocycles. The summed E-state index contributed by atoms with van der Waals surface area (Å²) in [5.74, 6) is -0.108. The van der Waals surface area contributed by atoms with Gasteiger partial charge in [-0.3, -0.25) is 9.59 Å². The molecule has 0 aliphatic carbocycles. The third kappa shape index (κ3) is 4.07. The number of benzene rings is 3. The van der Waals surface area contributed by atoms with Crippen molar-refractivity contribution in [1.82, 2.24) is 5.32 Å². The maximum atomic E-state index is 12.0. The normalized spacial score (nSPS) is 10.5. The van der Waals surface area contributed by atoms with E-state index in [4.69, 9.17) is 0 Å². The van der Waals surface area contributed by atoms with Gasteiger partial charge >= 0.3 is 0 Å². The highest BCUT2D eigenvalue weighted by Crippen LogP contribution is 2.15. The van der Waals surface area contributed by atoms with Crippen molar-refractivity contribution in [2.75, 3.05) is 0 Å². The Hall–Kier alpha value is -2.94. The molecule has 0 bridgehead atoms. The van der Waals surface area contributed by atoms with E-state index in [0.717, 1.165) is 10.9 Å². The van der Waals surface area contributed by atoms with Crippen LogP contribution in [0.3, 0.4) is 0 Å². The van der Waals surface area contributed by atoms with Crippen LogP contribution in [0.4, 0.5) is 0 Å². The van der Waals surface area contributed by atoms with Crippen molar-refractivity contribution in [3.05, 3.63) is 83.9 Å². The Morgan fingerprint density at radius 3 is 2.25 bits per heavy atom. The van der Waals surface area contributed by atoms with Crippen LogP contribution in [0.5, 0.6) is 0 Å². The zero-order chi connectivity index (χ0) is 16.8. The first-order chi connectivity index (χ1) is 11.7. The molecule has 0 radical (unpaired) electrons. The summed E-state index contributed by atoms with van der Waals surface area (Å²) in [7, 11) is 0. The molecule has 3 aromatic rings. The number of hydrogen-bond acceptors (Lipinski definition) is 2. The average Bonchev–Trinajstić information content (AvgIpc) is 2.65. The molecule has 24 heavy (non-hydrogen) atoms. The summed E-state index contributed by atoms with van der Waals surface area (Å²) in [6, 6.07) is 23.3. The number of hydrogen-bond donors (Lipinski definition) is 1. The molecule has 3 heteroatoms. The molecule has 3 aromatic carbocycles. The Kier molecular flexibility index (Phi) is 5.02. The summed E-state index contributed by atoms with van der Waals surface area (Å²) >= 11 is 0.